The van der Waals surface area contributed by atoms with Crippen molar-refractivity contribution in [3.63, 3.8) is 0 Å². The monoisotopic (exact) mass is 285 g/mol. The van der Waals surface area contributed by atoms with Gasteiger partial charge < -0.3 is 14.8 Å². The summed E-state index contributed by atoms with van der Waals surface area (Å²) in [5.74, 6) is 1.82. The molecule has 21 heavy (non-hydrogen) atoms. The van der Waals surface area contributed by atoms with E-state index in [4.69, 9.17) is 9.47 Å². The fraction of sp³-hybridized carbons (Fsp3) is 0.333. The van der Waals surface area contributed by atoms with Crippen LogP contribution >= 0.6 is 0 Å². The van der Waals surface area contributed by atoms with Crippen LogP contribution in [0.25, 0.3) is 0 Å². The molecule has 1 N–H and O–H groups in total. The van der Waals surface area contributed by atoms with Gasteiger partial charge in [0.15, 0.2) is 0 Å². The molecule has 0 saturated carbocycles. The minimum absolute atomic E-state index is 0.230. The van der Waals surface area contributed by atoms with Crippen molar-refractivity contribution < 1.29 is 9.47 Å². The maximum absolute atomic E-state index is 5.47. The lowest BCUT2D eigenvalue weighted by atomic mass is 10.1. The predicted molar refractivity (Wildman–Crippen MR) is 87.4 cm³/mol. The zero-order valence-corrected chi connectivity index (χ0v) is 13.1. The summed E-state index contributed by atoms with van der Waals surface area (Å²) in [4.78, 5) is 0. The minimum Gasteiger partial charge on any atom is -0.496 e. The van der Waals surface area contributed by atoms with Crippen LogP contribution in [0.2, 0.25) is 0 Å². The van der Waals surface area contributed by atoms with Gasteiger partial charge in [-0.15, -0.1) is 0 Å². The first-order chi connectivity index (χ1) is 10.1. The van der Waals surface area contributed by atoms with E-state index in [0.29, 0.717) is 6.61 Å². The van der Waals surface area contributed by atoms with Gasteiger partial charge in [0.1, 0.15) is 11.5 Å². The highest BCUT2D eigenvalue weighted by molar-refractivity contribution is 5.52. The van der Waals surface area contributed by atoms with Crippen LogP contribution in [0.4, 0.5) is 5.69 Å². The van der Waals surface area contributed by atoms with Crippen molar-refractivity contribution in [1.82, 2.24) is 0 Å². The van der Waals surface area contributed by atoms with Gasteiger partial charge in [0.25, 0.3) is 0 Å². The van der Waals surface area contributed by atoms with E-state index >= 15 is 0 Å². The molecule has 3 nitrogen and oxygen atoms in total. The summed E-state index contributed by atoms with van der Waals surface area (Å²) in [6.45, 7) is 6.88. The average molecular weight is 285 g/mol. The third-order valence-electron chi connectivity index (χ3n) is 3.47. The second kappa shape index (κ2) is 7.02. The molecule has 0 bridgehead atoms. The zero-order valence-electron chi connectivity index (χ0n) is 13.1. The fourth-order valence-corrected chi connectivity index (χ4v) is 2.32. The molecular weight excluding hydrogens is 262 g/mol. The standard InChI is InChI=1S/C18H23NO2/c1-5-21-17-9-6-15(7-10-17)14(3)19-16-8-11-18(20-4)13(2)12-16/h6-12,14,19H,5H2,1-4H3. The number of benzene rings is 2. The van der Waals surface area contributed by atoms with Crippen molar-refractivity contribution in [3.05, 3.63) is 53.6 Å². The van der Waals surface area contributed by atoms with Crippen LogP contribution in [-0.2, 0) is 0 Å². The second-order valence-corrected chi connectivity index (χ2v) is 5.05. The van der Waals surface area contributed by atoms with Crippen LogP contribution in [0.5, 0.6) is 11.5 Å². The summed E-state index contributed by atoms with van der Waals surface area (Å²) in [5, 5.41) is 3.51. The Morgan fingerprint density at radius 2 is 1.81 bits per heavy atom. The highest BCUT2D eigenvalue weighted by Gasteiger charge is 2.07. The number of methoxy groups -OCH3 is 1. The Labute approximate surface area is 126 Å². The third kappa shape index (κ3) is 3.91. The largest absolute Gasteiger partial charge is 0.496 e. The molecule has 3 heteroatoms. The van der Waals surface area contributed by atoms with Crippen LogP contribution < -0.4 is 14.8 Å². The van der Waals surface area contributed by atoms with Crippen molar-refractivity contribution in [2.45, 2.75) is 26.8 Å². The van der Waals surface area contributed by atoms with Gasteiger partial charge in [-0.1, -0.05) is 12.1 Å². The summed E-state index contributed by atoms with van der Waals surface area (Å²) in [6.07, 6.45) is 0. The van der Waals surface area contributed by atoms with Crippen LogP contribution in [0.15, 0.2) is 42.5 Å². The second-order valence-electron chi connectivity index (χ2n) is 5.05. The van der Waals surface area contributed by atoms with E-state index in [9.17, 15) is 0 Å². The van der Waals surface area contributed by atoms with Gasteiger partial charge in [-0.25, -0.2) is 0 Å². The van der Waals surface area contributed by atoms with Gasteiger partial charge in [-0.05, 0) is 62.2 Å². The maximum Gasteiger partial charge on any atom is 0.121 e. The quantitative estimate of drug-likeness (QED) is 0.843. The van der Waals surface area contributed by atoms with E-state index < -0.39 is 0 Å². The molecule has 2 rings (SSSR count). The molecule has 0 aliphatic carbocycles. The Morgan fingerprint density at radius 1 is 1.10 bits per heavy atom. The van der Waals surface area contributed by atoms with E-state index in [1.54, 1.807) is 7.11 Å². The SMILES string of the molecule is CCOc1ccc(C(C)Nc2ccc(OC)c(C)c2)cc1. The molecule has 1 atom stereocenters. The molecule has 0 radical (unpaired) electrons. The van der Waals surface area contributed by atoms with Gasteiger partial charge in [-0.3, -0.25) is 0 Å². The van der Waals surface area contributed by atoms with Gasteiger partial charge in [0.05, 0.1) is 13.7 Å². The number of hydrogen-bond acceptors (Lipinski definition) is 3. The molecule has 112 valence electrons. The Hall–Kier alpha value is -2.16. The molecule has 0 amide bonds. The van der Waals surface area contributed by atoms with E-state index in [1.165, 1.54) is 5.56 Å². The topological polar surface area (TPSA) is 30.5 Å². The van der Waals surface area contributed by atoms with Crippen LogP contribution in [0.1, 0.15) is 31.0 Å². The van der Waals surface area contributed by atoms with Crippen molar-refractivity contribution in [3.8, 4) is 11.5 Å². The molecule has 0 saturated heterocycles. The normalized spacial score (nSPS) is 11.8. The minimum atomic E-state index is 0.230. The number of ether oxygens (including phenoxy) is 2. The lowest BCUT2D eigenvalue weighted by molar-refractivity contribution is 0.340. The third-order valence-corrected chi connectivity index (χ3v) is 3.47. The lowest BCUT2D eigenvalue weighted by Gasteiger charge is -2.17. The van der Waals surface area contributed by atoms with Gasteiger partial charge in [0.2, 0.25) is 0 Å². The number of hydrogen-bond donors (Lipinski definition) is 1. The van der Waals surface area contributed by atoms with Crippen LogP contribution in [0, 0.1) is 6.92 Å². The number of nitrogens with one attached hydrogen (secondary N) is 1. The smallest absolute Gasteiger partial charge is 0.121 e. The Morgan fingerprint density at radius 3 is 2.38 bits per heavy atom. The zero-order chi connectivity index (χ0) is 15.2. The van der Waals surface area contributed by atoms with Crippen molar-refractivity contribution in [2.24, 2.45) is 0 Å². The Bertz CT molecular complexity index is 578. The summed E-state index contributed by atoms with van der Waals surface area (Å²) >= 11 is 0. The maximum atomic E-state index is 5.47. The molecule has 0 aromatic heterocycles. The molecule has 2 aromatic carbocycles. The van der Waals surface area contributed by atoms with E-state index in [-0.39, 0.29) is 6.04 Å². The molecule has 0 spiro atoms. The van der Waals surface area contributed by atoms with Crippen LogP contribution in [-0.4, -0.2) is 13.7 Å². The molecule has 0 heterocycles. The summed E-state index contributed by atoms with van der Waals surface area (Å²) < 4.78 is 10.7. The van der Waals surface area contributed by atoms with Crippen molar-refractivity contribution in [2.75, 3.05) is 19.0 Å². The summed E-state index contributed by atoms with van der Waals surface area (Å²) in [6, 6.07) is 14.6. The number of anilines is 1. The van der Waals surface area contributed by atoms with Crippen molar-refractivity contribution in [1.29, 1.82) is 0 Å². The molecule has 1 unspecified atom stereocenters. The van der Waals surface area contributed by atoms with E-state index in [1.807, 2.05) is 38.1 Å². The molecular formula is C18H23NO2. The first-order valence-corrected chi connectivity index (χ1v) is 7.28. The molecule has 2 aromatic rings. The van der Waals surface area contributed by atoms with Gasteiger partial charge in [0, 0.05) is 11.7 Å². The average Bonchev–Trinajstić information content (AvgIpc) is 2.48. The Kier molecular flexibility index (Phi) is 5.09. The predicted octanol–water partition coefficient (Wildman–Crippen LogP) is 4.58. The summed E-state index contributed by atoms with van der Waals surface area (Å²) in [7, 11) is 1.69. The first-order valence-electron chi connectivity index (χ1n) is 7.28. The lowest BCUT2D eigenvalue weighted by Crippen LogP contribution is -2.06. The highest BCUT2D eigenvalue weighted by atomic mass is 16.5. The highest BCUT2D eigenvalue weighted by Crippen LogP contribution is 2.25. The fourth-order valence-electron chi connectivity index (χ4n) is 2.32. The summed E-state index contributed by atoms with van der Waals surface area (Å²) in [5.41, 5.74) is 3.45. The Balaban J connectivity index is 2.06. The van der Waals surface area contributed by atoms with Crippen LogP contribution in [0.3, 0.4) is 0 Å². The van der Waals surface area contributed by atoms with E-state index in [2.05, 4.69) is 30.4 Å². The molecule has 0 aliphatic rings. The van der Waals surface area contributed by atoms with Gasteiger partial charge in [-0.2, -0.15) is 0 Å². The molecule has 0 fully saturated rings. The molecule has 0 aliphatic heterocycles. The van der Waals surface area contributed by atoms with Crippen molar-refractivity contribution >= 4 is 5.69 Å². The number of rotatable bonds is 6. The van der Waals surface area contributed by atoms with Gasteiger partial charge >= 0.3 is 0 Å². The van der Waals surface area contributed by atoms with E-state index in [0.717, 1.165) is 22.7 Å². The number of aryl methyl sites for hydroxylation is 1. The first kappa shape index (κ1) is 15.2.